The summed E-state index contributed by atoms with van der Waals surface area (Å²) in [5.74, 6) is 0.779. The van der Waals surface area contributed by atoms with Crippen LogP contribution in [0.25, 0.3) is 0 Å². The van der Waals surface area contributed by atoms with Gasteiger partial charge >= 0.3 is 0 Å². The first-order valence-corrected chi connectivity index (χ1v) is 12.3. The van der Waals surface area contributed by atoms with E-state index < -0.39 is 0 Å². The fourth-order valence-corrected chi connectivity index (χ4v) is 4.11. The molecule has 3 rings (SSSR count). The van der Waals surface area contributed by atoms with Crippen molar-refractivity contribution < 1.29 is 14.3 Å². The lowest BCUT2D eigenvalue weighted by atomic mass is 10.1. The minimum Gasteiger partial charge on any atom is -0.497 e. The Morgan fingerprint density at radius 1 is 0.914 bits per heavy atom. The lowest BCUT2D eigenvalue weighted by Crippen LogP contribution is -2.46. The number of ether oxygens (including phenoxy) is 1. The van der Waals surface area contributed by atoms with Gasteiger partial charge in [-0.25, -0.2) is 0 Å². The van der Waals surface area contributed by atoms with E-state index in [-0.39, 0.29) is 24.4 Å². The van der Waals surface area contributed by atoms with E-state index in [0.29, 0.717) is 26.1 Å². The number of carbonyl (C=O) groups is 2. The van der Waals surface area contributed by atoms with Gasteiger partial charge in [0.1, 0.15) is 12.3 Å². The monoisotopic (exact) mass is 475 g/mol. The first kappa shape index (κ1) is 26.1. The summed E-state index contributed by atoms with van der Waals surface area (Å²) in [5.41, 5.74) is 3.22. The average Bonchev–Trinajstić information content (AvgIpc) is 3.32. The summed E-state index contributed by atoms with van der Waals surface area (Å²) in [6.07, 6.45) is 3.23. The first-order chi connectivity index (χ1) is 16.9. The number of rotatable bonds is 12. The predicted molar refractivity (Wildman–Crippen MR) is 139 cm³/mol. The molecule has 0 bridgehead atoms. The van der Waals surface area contributed by atoms with Crippen molar-refractivity contribution in [1.82, 2.24) is 14.4 Å². The van der Waals surface area contributed by atoms with Crippen LogP contribution in [0.1, 0.15) is 50.4 Å². The van der Waals surface area contributed by atoms with E-state index in [2.05, 4.69) is 16.7 Å². The predicted octanol–water partition coefficient (Wildman–Crippen LogP) is 5.11. The van der Waals surface area contributed by atoms with Crippen LogP contribution >= 0.6 is 0 Å². The van der Waals surface area contributed by atoms with Crippen molar-refractivity contribution >= 4 is 11.8 Å². The average molecular weight is 476 g/mol. The fraction of sp³-hybridized carbons (Fsp3) is 0.379. The number of amides is 2. The molecule has 1 unspecified atom stereocenters. The van der Waals surface area contributed by atoms with Crippen molar-refractivity contribution in [1.29, 1.82) is 0 Å². The number of methoxy groups -OCH3 is 1. The molecule has 2 amide bonds. The Bertz CT molecular complexity index is 1090. The van der Waals surface area contributed by atoms with Crippen LogP contribution in [0.5, 0.6) is 5.75 Å². The molecule has 186 valence electrons. The van der Waals surface area contributed by atoms with Crippen LogP contribution in [0.15, 0.2) is 72.9 Å². The summed E-state index contributed by atoms with van der Waals surface area (Å²) in [5, 5.41) is 0. The van der Waals surface area contributed by atoms with E-state index in [1.54, 1.807) is 12.0 Å². The van der Waals surface area contributed by atoms with Crippen LogP contribution < -0.4 is 4.74 Å². The molecule has 6 nitrogen and oxygen atoms in total. The minimum atomic E-state index is -0.0508. The van der Waals surface area contributed by atoms with Crippen LogP contribution in [0, 0.1) is 0 Å². The zero-order valence-corrected chi connectivity index (χ0v) is 21.3. The third kappa shape index (κ3) is 7.22. The molecule has 1 aromatic heterocycles. The highest BCUT2D eigenvalue weighted by molar-refractivity contribution is 5.85. The number of hydrogen-bond donors (Lipinski definition) is 0. The summed E-state index contributed by atoms with van der Waals surface area (Å²) in [4.78, 5) is 29.8. The van der Waals surface area contributed by atoms with E-state index in [9.17, 15) is 9.59 Å². The lowest BCUT2D eigenvalue weighted by molar-refractivity contribution is -0.142. The molecular formula is C29H37N3O3. The van der Waals surface area contributed by atoms with Gasteiger partial charge in [0, 0.05) is 37.4 Å². The topological polar surface area (TPSA) is 54.8 Å². The minimum absolute atomic E-state index is 0.00811. The van der Waals surface area contributed by atoms with Gasteiger partial charge in [-0.1, -0.05) is 56.3 Å². The molecule has 0 fully saturated rings. The molecular weight excluding hydrogens is 438 g/mol. The Morgan fingerprint density at radius 3 is 2.34 bits per heavy atom. The number of benzene rings is 2. The van der Waals surface area contributed by atoms with Crippen molar-refractivity contribution in [2.45, 2.75) is 59.3 Å². The fourth-order valence-electron chi connectivity index (χ4n) is 4.11. The van der Waals surface area contributed by atoms with E-state index in [1.165, 1.54) is 0 Å². The van der Waals surface area contributed by atoms with Gasteiger partial charge < -0.3 is 19.1 Å². The van der Waals surface area contributed by atoms with Gasteiger partial charge in [-0.3, -0.25) is 9.59 Å². The van der Waals surface area contributed by atoms with Crippen LogP contribution in [0.3, 0.4) is 0 Å². The number of aromatic nitrogens is 1. The Labute approximate surface area is 209 Å². The highest BCUT2D eigenvalue weighted by Crippen LogP contribution is 2.18. The molecule has 0 saturated heterocycles. The second kappa shape index (κ2) is 12.8. The van der Waals surface area contributed by atoms with Crippen LogP contribution in [-0.4, -0.2) is 45.9 Å². The van der Waals surface area contributed by atoms with Crippen molar-refractivity contribution in [3.05, 3.63) is 89.7 Å². The molecule has 0 spiro atoms. The molecule has 0 aliphatic heterocycles. The zero-order valence-electron chi connectivity index (χ0n) is 21.3. The zero-order chi connectivity index (χ0) is 25.2. The normalized spacial score (nSPS) is 11.7. The van der Waals surface area contributed by atoms with Crippen molar-refractivity contribution in [2.75, 3.05) is 13.7 Å². The van der Waals surface area contributed by atoms with Crippen molar-refractivity contribution in [3.63, 3.8) is 0 Å². The highest BCUT2D eigenvalue weighted by Gasteiger charge is 2.24. The largest absolute Gasteiger partial charge is 0.497 e. The lowest BCUT2D eigenvalue weighted by Gasteiger charge is -2.31. The molecule has 0 saturated carbocycles. The highest BCUT2D eigenvalue weighted by atomic mass is 16.5. The Balaban J connectivity index is 1.83. The maximum absolute atomic E-state index is 13.6. The van der Waals surface area contributed by atoms with E-state index in [1.807, 2.05) is 86.5 Å². The summed E-state index contributed by atoms with van der Waals surface area (Å²) < 4.78 is 7.52. The Morgan fingerprint density at radius 2 is 1.66 bits per heavy atom. The molecule has 2 aromatic carbocycles. The molecule has 0 aliphatic carbocycles. The van der Waals surface area contributed by atoms with Gasteiger partial charge in [0.15, 0.2) is 0 Å². The van der Waals surface area contributed by atoms with Gasteiger partial charge in [-0.05, 0) is 48.7 Å². The smallest absolute Gasteiger partial charge is 0.242 e. The molecule has 35 heavy (non-hydrogen) atoms. The standard InChI is InChI=1S/C29H37N3O3/c1-5-23(3)32(28(33)6-2)22-29(34)31(19-24-12-8-7-9-13-24)21-26-15-11-17-30(26)20-25-14-10-16-27(18-25)35-4/h7-18,23H,5-6,19-22H2,1-4H3. The third-order valence-corrected chi connectivity index (χ3v) is 6.38. The number of carbonyl (C=O) groups excluding carboxylic acids is 2. The molecule has 6 heteroatoms. The van der Waals surface area contributed by atoms with Gasteiger partial charge in [0.2, 0.25) is 11.8 Å². The quantitative estimate of drug-likeness (QED) is 0.366. The SMILES string of the molecule is CCC(=O)N(CC(=O)N(Cc1ccccc1)Cc1cccn1Cc1cccc(OC)c1)C(C)CC. The molecule has 1 heterocycles. The molecule has 1 atom stereocenters. The summed E-state index contributed by atoms with van der Waals surface area (Å²) >= 11 is 0. The maximum Gasteiger partial charge on any atom is 0.242 e. The van der Waals surface area contributed by atoms with Crippen LogP contribution in [0.4, 0.5) is 0 Å². The summed E-state index contributed by atoms with van der Waals surface area (Å²) in [6.45, 7) is 7.60. The number of nitrogens with zero attached hydrogens (tertiary/aromatic N) is 3. The van der Waals surface area contributed by atoms with Crippen LogP contribution in [-0.2, 0) is 29.2 Å². The first-order valence-electron chi connectivity index (χ1n) is 12.3. The number of hydrogen-bond acceptors (Lipinski definition) is 3. The van der Waals surface area contributed by atoms with Gasteiger partial charge in [0.05, 0.1) is 13.7 Å². The Kier molecular flexibility index (Phi) is 9.53. The maximum atomic E-state index is 13.6. The van der Waals surface area contributed by atoms with E-state index in [4.69, 9.17) is 4.74 Å². The van der Waals surface area contributed by atoms with Gasteiger partial charge in [-0.2, -0.15) is 0 Å². The molecule has 0 radical (unpaired) electrons. The summed E-state index contributed by atoms with van der Waals surface area (Å²) in [6, 6.07) is 22.1. The van der Waals surface area contributed by atoms with Crippen LogP contribution in [0.2, 0.25) is 0 Å². The third-order valence-electron chi connectivity index (χ3n) is 6.38. The molecule has 0 N–H and O–H groups in total. The second-order valence-electron chi connectivity index (χ2n) is 8.85. The van der Waals surface area contributed by atoms with E-state index >= 15 is 0 Å². The second-order valence-corrected chi connectivity index (χ2v) is 8.85. The summed E-state index contributed by atoms with van der Waals surface area (Å²) in [7, 11) is 1.67. The van der Waals surface area contributed by atoms with E-state index in [0.717, 1.165) is 29.0 Å². The van der Waals surface area contributed by atoms with Crippen molar-refractivity contribution in [3.8, 4) is 5.75 Å². The molecule has 3 aromatic rings. The van der Waals surface area contributed by atoms with Gasteiger partial charge in [0.25, 0.3) is 0 Å². The van der Waals surface area contributed by atoms with Gasteiger partial charge in [-0.15, -0.1) is 0 Å². The molecule has 0 aliphatic rings. The van der Waals surface area contributed by atoms with Crippen molar-refractivity contribution in [2.24, 2.45) is 0 Å². The Hall–Kier alpha value is -3.54.